The summed E-state index contributed by atoms with van der Waals surface area (Å²) in [5.41, 5.74) is 7.70. The maximum atomic E-state index is 12.6. The lowest BCUT2D eigenvalue weighted by Crippen LogP contribution is -2.50. The number of rotatable bonds is 3. The first-order chi connectivity index (χ1) is 14.9. The van der Waals surface area contributed by atoms with Crippen LogP contribution in [-0.4, -0.2) is 47.3 Å². The van der Waals surface area contributed by atoms with Crippen LogP contribution in [0.5, 0.6) is 0 Å². The predicted molar refractivity (Wildman–Crippen MR) is 126 cm³/mol. The monoisotopic (exact) mass is 415 g/mol. The van der Waals surface area contributed by atoms with E-state index in [1.54, 1.807) is 0 Å². The molecule has 31 heavy (non-hydrogen) atoms. The highest BCUT2D eigenvalue weighted by Gasteiger charge is 2.22. The number of anilines is 2. The average molecular weight is 416 g/mol. The molecule has 0 bridgehead atoms. The standard InChI is InChI=1S/C25H29N5O/c1-17-5-7-21(15-19(17)3)23-9-10-24(28-27-23)29-11-13-30(14-12-29)25(31)26-22-8-6-18(2)20(4)16-22/h5-10,15-16H,11-14H2,1-4H3,(H,26,31). The number of amides is 2. The van der Waals surface area contributed by atoms with Gasteiger partial charge in [0.1, 0.15) is 0 Å². The fourth-order valence-corrected chi connectivity index (χ4v) is 3.71. The molecule has 3 aromatic rings. The first-order valence-electron chi connectivity index (χ1n) is 10.7. The van der Waals surface area contributed by atoms with Gasteiger partial charge in [-0.3, -0.25) is 0 Å². The Morgan fingerprint density at radius 3 is 2.06 bits per heavy atom. The van der Waals surface area contributed by atoms with Crippen LogP contribution in [0.4, 0.5) is 16.3 Å². The summed E-state index contributed by atoms with van der Waals surface area (Å²) in [4.78, 5) is 16.7. The lowest BCUT2D eigenvalue weighted by Gasteiger charge is -2.35. The van der Waals surface area contributed by atoms with Crippen LogP contribution in [0, 0.1) is 27.7 Å². The fraction of sp³-hybridized carbons (Fsp3) is 0.320. The second-order valence-corrected chi connectivity index (χ2v) is 8.28. The van der Waals surface area contributed by atoms with Crippen LogP contribution >= 0.6 is 0 Å². The zero-order valence-electron chi connectivity index (χ0n) is 18.6. The zero-order valence-corrected chi connectivity index (χ0v) is 18.6. The van der Waals surface area contributed by atoms with E-state index in [9.17, 15) is 4.79 Å². The van der Waals surface area contributed by atoms with Gasteiger partial charge in [-0.2, -0.15) is 0 Å². The Balaban J connectivity index is 1.35. The highest BCUT2D eigenvalue weighted by Crippen LogP contribution is 2.22. The lowest BCUT2D eigenvalue weighted by atomic mass is 10.0. The second kappa shape index (κ2) is 8.76. The van der Waals surface area contributed by atoms with E-state index < -0.39 is 0 Å². The average Bonchev–Trinajstić information content (AvgIpc) is 2.78. The van der Waals surface area contributed by atoms with Crippen LogP contribution in [0.2, 0.25) is 0 Å². The summed E-state index contributed by atoms with van der Waals surface area (Å²) >= 11 is 0. The lowest BCUT2D eigenvalue weighted by molar-refractivity contribution is 0.208. The van der Waals surface area contributed by atoms with Crippen molar-refractivity contribution >= 4 is 17.5 Å². The zero-order chi connectivity index (χ0) is 22.0. The number of benzene rings is 2. The van der Waals surface area contributed by atoms with E-state index in [0.717, 1.165) is 35.9 Å². The van der Waals surface area contributed by atoms with Crippen LogP contribution < -0.4 is 10.2 Å². The van der Waals surface area contributed by atoms with E-state index in [2.05, 4.69) is 66.3 Å². The molecule has 1 aliphatic rings. The number of nitrogens with one attached hydrogen (secondary N) is 1. The number of nitrogens with zero attached hydrogens (tertiary/aromatic N) is 4. The van der Waals surface area contributed by atoms with Gasteiger partial charge in [-0.15, -0.1) is 10.2 Å². The molecule has 2 heterocycles. The van der Waals surface area contributed by atoms with Gasteiger partial charge < -0.3 is 15.1 Å². The van der Waals surface area contributed by atoms with Crippen LogP contribution in [0.25, 0.3) is 11.3 Å². The van der Waals surface area contributed by atoms with Crippen molar-refractivity contribution in [2.75, 3.05) is 36.4 Å². The minimum atomic E-state index is -0.0564. The molecule has 6 nitrogen and oxygen atoms in total. The van der Waals surface area contributed by atoms with Crippen molar-refractivity contribution in [2.45, 2.75) is 27.7 Å². The van der Waals surface area contributed by atoms with Crippen LogP contribution in [-0.2, 0) is 0 Å². The maximum absolute atomic E-state index is 12.6. The van der Waals surface area contributed by atoms with Crippen molar-refractivity contribution in [2.24, 2.45) is 0 Å². The normalized spacial score (nSPS) is 13.9. The fourth-order valence-electron chi connectivity index (χ4n) is 3.71. The number of urea groups is 1. The van der Waals surface area contributed by atoms with Gasteiger partial charge in [0.25, 0.3) is 0 Å². The number of aromatic nitrogens is 2. The molecule has 6 heteroatoms. The van der Waals surface area contributed by atoms with Crippen LogP contribution in [0.15, 0.2) is 48.5 Å². The van der Waals surface area contributed by atoms with Gasteiger partial charge in [-0.1, -0.05) is 18.2 Å². The third kappa shape index (κ3) is 4.68. The molecule has 1 aliphatic heterocycles. The van der Waals surface area contributed by atoms with Crippen molar-refractivity contribution < 1.29 is 4.79 Å². The molecule has 2 amide bonds. The first kappa shape index (κ1) is 20.8. The number of carbonyl (C=O) groups is 1. The quantitative estimate of drug-likeness (QED) is 0.672. The van der Waals surface area contributed by atoms with Gasteiger partial charge in [0.05, 0.1) is 5.69 Å². The topological polar surface area (TPSA) is 61.4 Å². The molecule has 160 valence electrons. The molecule has 4 rings (SSSR count). The van der Waals surface area contributed by atoms with Crippen molar-refractivity contribution in [3.05, 3.63) is 70.8 Å². The van der Waals surface area contributed by atoms with Crippen LogP contribution in [0.1, 0.15) is 22.3 Å². The SMILES string of the molecule is Cc1ccc(NC(=O)N2CCN(c3ccc(-c4ccc(C)c(C)c4)nn3)CC2)cc1C. The van der Waals surface area contributed by atoms with Gasteiger partial charge in [0, 0.05) is 37.4 Å². The summed E-state index contributed by atoms with van der Waals surface area (Å²) < 4.78 is 0. The number of hydrogen-bond acceptors (Lipinski definition) is 4. The van der Waals surface area contributed by atoms with Gasteiger partial charge in [0.15, 0.2) is 5.82 Å². The third-order valence-electron chi connectivity index (χ3n) is 6.10. The van der Waals surface area contributed by atoms with Crippen LogP contribution in [0.3, 0.4) is 0 Å². The molecule has 1 aromatic heterocycles. The van der Waals surface area contributed by atoms with Gasteiger partial charge in [-0.05, 0) is 80.3 Å². The van der Waals surface area contributed by atoms with Crippen molar-refractivity contribution in [1.82, 2.24) is 15.1 Å². The highest BCUT2D eigenvalue weighted by atomic mass is 16.2. The molecule has 1 saturated heterocycles. The summed E-state index contributed by atoms with van der Waals surface area (Å²) in [6.45, 7) is 11.1. The molecular weight excluding hydrogens is 386 g/mol. The number of carbonyl (C=O) groups excluding carboxylic acids is 1. The van der Waals surface area contributed by atoms with E-state index in [1.165, 1.54) is 22.3 Å². The minimum Gasteiger partial charge on any atom is -0.352 e. The molecule has 0 spiro atoms. The van der Waals surface area contributed by atoms with Crippen molar-refractivity contribution in [3.63, 3.8) is 0 Å². The summed E-state index contributed by atoms with van der Waals surface area (Å²) in [7, 11) is 0. The Morgan fingerprint density at radius 2 is 1.45 bits per heavy atom. The van der Waals surface area contributed by atoms with Crippen molar-refractivity contribution in [3.8, 4) is 11.3 Å². The first-order valence-corrected chi connectivity index (χ1v) is 10.7. The molecule has 0 saturated carbocycles. The Kier molecular flexibility index (Phi) is 5.89. The Bertz CT molecular complexity index is 1090. The Morgan fingerprint density at radius 1 is 0.774 bits per heavy atom. The van der Waals surface area contributed by atoms with Crippen molar-refractivity contribution in [1.29, 1.82) is 0 Å². The molecule has 0 radical (unpaired) electrons. The largest absolute Gasteiger partial charge is 0.352 e. The van der Waals surface area contributed by atoms with E-state index in [1.807, 2.05) is 35.2 Å². The Labute approximate surface area is 183 Å². The van der Waals surface area contributed by atoms with Gasteiger partial charge in [0.2, 0.25) is 0 Å². The minimum absolute atomic E-state index is 0.0564. The maximum Gasteiger partial charge on any atom is 0.321 e. The summed E-state index contributed by atoms with van der Waals surface area (Å²) in [6.07, 6.45) is 0. The number of hydrogen-bond donors (Lipinski definition) is 1. The smallest absolute Gasteiger partial charge is 0.321 e. The molecule has 1 N–H and O–H groups in total. The molecule has 1 fully saturated rings. The highest BCUT2D eigenvalue weighted by molar-refractivity contribution is 5.89. The van der Waals surface area contributed by atoms with E-state index in [-0.39, 0.29) is 6.03 Å². The second-order valence-electron chi connectivity index (χ2n) is 8.28. The number of piperazine rings is 1. The molecule has 0 atom stereocenters. The molecular formula is C25H29N5O. The van der Waals surface area contributed by atoms with E-state index in [4.69, 9.17) is 0 Å². The molecule has 0 aliphatic carbocycles. The van der Waals surface area contributed by atoms with Gasteiger partial charge >= 0.3 is 6.03 Å². The third-order valence-corrected chi connectivity index (χ3v) is 6.10. The summed E-state index contributed by atoms with van der Waals surface area (Å²) in [5, 5.41) is 11.9. The molecule has 0 unspecified atom stereocenters. The Hall–Kier alpha value is -3.41. The summed E-state index contributed by atoms with van der Waals surface area (Å²) in [5.74, 6) is 0.849. The van der Waals surface area contributed by atoms with E-state index >= 15 is 0 Å². The van der Waals surface area contributed by atoms with E-state index in [0.29, 0.717) is 13.1 Å². The number of aryl methyl sites for hydroxylation is 4. The van der Waals surface area contributed by atoms with Gasteiger partial charge in [-0.25, -0.2) is 4.79 Å². The summed E-state index contributed by atoms with van der Waals surface area (Å²) in [6, 6.07) is 16.3. The molecule has 2 aromatic carbocycles. The predicted octanol–water partition coefficient (Wildman–Crippen LogP) is 4.73.